The molecule has 1 heterocycles. The van der Waals surface area contributed by atoms with Crippen molar-refractivity contribution in [3.8, 4) is 0 Å². The summed E-state index contributed by atoms with van der Waals surface area (Å²) in [4.78, 5) is 14.9. The molecule has 116 valence electrons. The van der Waals surface area contributed by atoms with Crippen LogP contribution in [0.2, 0.25) is 0 Å². The van der Waals surface area contributed by atoms with E-state index in [9.17, 15) is 9.90 Å². The molecular formula is C17H31NO2. The summed E-state index contributed by atoms with van der Waals surface area (Å²) < 4.78 is 0. The fraction of sp³-hybridized carbons (Fsp3) is 0.941. The molecule has 1 saturated heterocycles. The summed E-state index contributed by atoms with van der Waals surface area (Å²) >= 11 is 0. The monoisotopic (exact) mass is 281 g/mol. The SMILES string of the molecule is CCC1(CO)CCN(C(=O)C(C)(C)C2CCCC2)CC1. The summed E-state index contributed by atoms with van der Waals surface area (Å²) in [7, 11) is 0. The Morgan fingerprint density at radius 1 is 1.25 bits per heavy atom. The summed E-state index contributed by atoms with van der Waals surface area (Å²) in [5, 5.41) is 9.60. The first-order valence-corrected chi connectivity index (χ1v) is 8.35. The van der Waals surface area contributed by atoms with Crippen LogP contribution in [0.3, 0.4) is 0 Å². The number of hydrogen-bond donors (Lipinski definition) is 1. The number of likely N-dealkylation sites (tertiary alicyclic amines) is 1. The Labute approximate surface area is 123 Å². The minimum absolute atomic E-state index is 0.0638. The smallest absolute Gasteiger partial charge is 0.228 e. The Kier molecular flexibility index (Phi) is 4.78. The van der Waals surface area contributed by atoms with Crippen LogP contribution in [-0.2, 0) is 4.79 Å². The first-order valence-electron chi connectivity index (χ1n) is 8.35. The van der Waals surface area contributed by atoms with Crippen LogP contribution in [0, 0.1) is 16.7 Å². The van der Waals surface area contributed by atoms with E-state index in [1.54, 1.807) is 0 Å². The molecule has 0 aromatic rings. The fourth-order valence-electron chi connectivity index (χ4n) is 4.04. The average molecular weight is 281 g/mol. The summed E-state index contributed by atoms with van der Waals surface area (Å²) in [6.07, 6.45) is 7.90. The van der Waals surface area contributed by atoms with E-state index in [1.165, 1.54) is 25.7 Å². The average Bonchev–Trinajstić information content (AvgIpc) is 3.01. The van der Waals surface area contributed by atoms with E-state index in [-0.39, 0.29) is 17.4 Å². The molecule has 0 bridgehead atoms. The van der Waals surface area contributed by atoms with Crippen molar-refractivity contribution < 1.29 is 9.90 Å². The van der Waals surface area contributed by atoms with Gasteiger partial charge in [-0.2, -0.15) is 0 Å². The Morgan fingerprint density at radius 3 is 2.25 bits per heavy atom. The number of hydrogen-bond acceptors (Lipinski definition) is 2. The molecule has 0 atom stereocenters. The quantitative estimate of drug-likeness (QED) is 0.859. The highest BCUT2D eigenvalue weighted by Crippen LogP contribution is 2.42. The van der Waals surface area contributed by atoms with Crippen LogP contribution in [0.1, 0.15) is 65.7 Å². The molecule has 1 saturated carbocycles. The van der Waals surface area contributed by atoms with Gasteiger partial charge >= 0.3 is 0 Å². The molecule has 20 heavy (non-hydrogen) atoms. The molecule has 2 aliphatic rings. The van der Waals surface area contributed by atoms with Crippen molar-refractivity contribution in [3.63, 3.8) is 0 Å². The maximum Gasteiger partial charge on any atom is 0.228 e. The van der Waals surface area contributed by atoms with Crippen LogP contribution in [0.4, 0.5) is 0 Å². The van der Waals surface area contributed by atoms with Crippen LogP contribution in [0.15, 0.2) is 0 Å². The zero-order valence-electron chi connectivity index (χ0n) is 13.5. The van der Waals surface area contributed by atoms with E-state index in [2.05, 4.69) is 25.7 Å². The lowest BCUT2D eigenvalue weighted by Crippen LogP contribution is -2.50. The molecule has 1 aliphatic carbocycles. The van der Waals surface area contributed by atoms with Gasteiger partial charge in [0.1, 0.15) is 0 Å². The maximum atomic E-state index is 12.9. The molecule has 1 N–H and O–H groups in total. The van der Waals surface area contributed by atoms with Gasteiger partial charge in [-0.1, -0.05) is 33.6 Å². The Hall–Kier alpha value is -0.570. The van der Waals surface area contributed by atoms with Gasteiger partial charge in [0.05, 0.1) is 0 Å². The Balaban J connectivity index is 1.97. The van der Waals surface area contributed by atoms with E-state index >= 15 is 0 Å². The van der Waals surface area contributed by atoms with Gasteiger partial charge in [0, 0.05) is 25.1 Å². The molecule has 1 aliphatic heterocycles. The van der Waals surface area contributed by atoms with E-state index in [0.29, 0.717) is 11.8 Å². The van der Waals surface area contributed by atoms with E-state index < -0.39 is 0 Å². The van der Waals surface area contributed by atoms with Crippen LogP contribution in [0.25, 0.3) is 0 Å². The minimum atomic E-state index is -0.206. The second kappa shape index (κ2) is 6.05. The van der Waals surface area contributed by atoms with Gasteiger partial charge in [-0.3, -0.25) is 4.79 Å². The third kappa shape index (κ3) is 2.88. The molecule has 1 amide bonds. The summed E-state index contributed by atoms with van der Waals surface area (Å²) in [5.74, 6) is 0.901. The molecule has 3 heteroatoms. The van der Waals surface area contributed by atoms with Gasteiger partial charge in [0.2, 0.25) is 5.91 Å². The number of carbonyl (C=O) groups is 1. The van der Waals surface area contributed by atoms with Crippen molar-refractivity contribution in [1.29, 1.82) is 0 Å². The minimum Gasteiger partial charge on any atom is -0.396 e. The molecule has 2 rings (SSSR count). The van der Waals surface area contributed by atoms with E-state index in [0.717, 1.165) is 32.4 Å². The molecule has 0 aromatic carbocycles. The molecule has 0 spiro atoms. The van der Waals surface area contributed by atoms with Crippen molar-refractivity contribution in [1.82, 2.24) is 4.90 Å². The lowest BCUT2D eigenvalue weighted by atomic mass is 9.74. The maximum absolute atomic E-state index is 12.9. The lowest BCUT2D eigenvalue weighted by Gasteiger charge is -2.43. The predicted molar refractivity (Wildman–Crippen MR) is 81.4 cm³/mol. The van der Waals surface area contributed by atoms with Crippen molar-refractivity contribution in [3.05, 3.63) is 0 Å². The van der Waals surface area contributed by atoms with Crippen molar-refractivity contribution in [2.75, 3.05) is 19.7 Å². The highest BCUT2D eigenvalue weighted by atomic mass is 16.3. The number of piperidine rings is 1. The van der Waals surface area contributed by atoms with Crippen LogP contribution >= 0.6 is 0 Å². The fourth-order valence-corrected chi connectivity index (χ4v) is 4.04. The molecule has 3 nitrogen and oxygen atoms in total. The Morgan fingerprint density at radius 2 is 1.80 bits per heavy atom. The second-order valence-electron chi connectivity index (χ2n) is 7.51. The molecule has 2 fully saturated rings. The highest BCUT2D eigenvalue weighted by Gasteiger charge is 2.42. The largest absolute Gasteiger partial charge is 0.396 e. The first kappa shape index (κ1) is 15.8. The van der Waals surface area contributed by atoms with Gasteiger partial charge in [0.15, 0.2) is 0 Å². The van der Waals surface area contributed by atoms with Gasteiger partial charge in [-0.05, 0) is 43.4 Å². The number of rotatable bonds is 4. The third-order valence-electron chi connectivity index (χ3n) is 6.12. The summed E-state index contributed by atoms with van der Waals surface area (Å²) in [5.41, 5.74) is -0.143. The number of amides is 1. The zero-order valence-corrected chi connectivity index (χ0v) is 13.5. The van der Waals surface area contributed by atoms with Gasteiger partial charge in [0.25, 0.3) is 0 Å². The standard InChI is InChI=1S/C17H31NO2/c1-4-17(13-19)9-11-18(12-10-17)15(20)16(2,3)14-7-5-6-8-14/h14,19H,4-13H2,1-3H3. The Bertz CT molecular complexity index is 331. The van der Waals surface area contributed by atoms with Crippen molar-refractivity contribution in [2.45, 2.75) is 65.7 Å². The number of carbonyl (C=O) groups excluding carboxylic acids is 1. The molecule has 0 radical (unpaired) electrons. The first-order chi connectivity index (χ1) is 9.45. The number of aliphatic hydroxyl groups is 1. The predicted octanol–water partition coefficient (Wildman–Crippen LogP) is 3.21. The van der Waals surface area contributed by atoms with E-state index in [1.807, 2.05) is 0 Å². The molecular weight excluding hydrogens is 250 g/mol. The van der Waals surface area contributed by atoms with E-state index in [4.69, 9.17) is 0 Å². The summed E-state index contributed by atoms with van der Waals surface area (Å²) in [6.45, 7) is 8.33. The number of aliphatic hydroxyl groups excluding tert-OH is 1. The lowest BCUT2D eigenvalue weighted by molar-refractivity contribution is -0.146. The van der Waals surface area contributed by atoms with Gasteiger partial charge < -0.3 is 10.0 Å². The van der Waals surface area contributed by atoms with Crippen molar-refractivity contribution in [2.24, 2.45) is 16.7 Å². The summed E-state index contributed by atoms with van der Waals surface area (Å²) in [6, 6.07) is 0. The van der Waals surface area contributed by atoms with Crippen LogP contribution < -0.4 is 0 Å². The topological polar surface area (TPSA) is 40.5 Å². The number of nitrogens with zero attached hydrogens (tertiary/aromatic N) is 1. The molecule has 0 unspecified atom stereocenters. The highest BCUT2D eigenvalue weighted by molar-refractivity contribution is 5.82. The normalized spacial score (nSPS) is 24.1. The van der Waals surface area contributed by atoms with Crippen LogP contribution in [0.5, 0.6) is 0 Å². The van der Waals surface area contributed by atoms with Crippen LogP contribution in [-0.4, -0.2) is 35.6 Å². The van der Waals surface area contributed by atoms with Gasteiger partial charge in [-0.15, -0.1) is 0 Å². The van der Waals surface area contributed by atoms with Gasteiger partial charge in [-0.25, -0.2) is 0 Å². The zero-order chi connectivity index (χ0) is 14.8. The van der Waals surface area contributed by atoms with Crippen molar-refractivity contribution >= 4 is 5.91 Å². The molecule has 0 aromatic heterocycles. The second-order valence-corrected chi connectivity index (χ2v) is 7.51. The third-order valence-corrected chi connectivity index (χ3v) is 6.12.